The monoisotopic (exact) mass is 242 g/mol. The Balaban J connectivity index is 2.15. The second-order valence-corrected chi connectivity index (χ2v) is 5.62. The molecule has 0 aromatic heterocycles. The molecular formula is C13H26N2O2. The number of hydrogen-bond acceptors (Lipinski definition) is 3. The summed E-state index contributed by atoms with van der Waals surface area (Å²) in [6.45, 7) is 8.32. The molecule has 0 aliphatic carbocycles. The first-order valence-electron chi connectivity index (χ1n) is 6.67. The van der Waals surface area contributed by atoms with Crippen molar-refractivity contribution in [3.63, 3.8) is 0 Å². The van der Waals surface area contributed by atoms with Crippen LogP contribution in [0, 0.1) is 5.92 Å². The van der Waals surface area contributed by atoms with Gasteiger partial charge in [-0.1, -0.05) is 13.8 Å². The Hall–Kier alpha value is -0.610. The third-order valence-corrected chi connectivity index (χ3v) is 3.20. The number of carbonyl (C=O) groups excluding carboxylic acids is 1. The fourth-order valence-corrected chi connectivity index (χ4v) is 2.13. The minimum atomic E-state index is -0.249. The van der Waals surface area contributed by atoms with Crippen LogP contribution in [0.15, 0.2) is 0 Å². The van der Waals surface area contributed by atoms with Gasteiger partial charge in [0, 0.05) is 19.1 Å². The van der Waals surface area contributed by atoms with E-state index in [1.165, 1.54) is 0 Å². The lowest BCUT2D eigenvalue weighted by Crippen LogP contribution is -2.40. The van der Waals surface area contributed by atoms with Gasteiger partial charge in [0.2, 0.25) is 5.91 Å². The number of likely N-dealkylation sites (tertiary alicyclic amines) is 1. The molecule has 1 rings (SSSR count). The standard InChI is InChI=1S/C13H26N2O2/c1-10(2)4-5-11(3)14-13(17)9-15-7-6-12(16)8-15/h10-12,16H,4-9H2,1-3H3,(H,14,17)/t11?,12-/m1/s1. The Morgan fingerprint density at radius 3 is 2.65 bits per heavy atom. The van der Waals surface area contributed by atoms with E-state index in [1.807, 2.05) is 4.90 Å². The van der Waals surface area contributed by atoms with Crippen molar-refractivity contribution in [2.24, 2.45) is 5.92 Å². The third-order valence-electron chi connectivity index (χ3n) is 3.20. The first kappa shape index (κ1) is 14.5. The Bertz CT molecular complexity index is 244. The molecular weight excluding hydrogens is 216 g/mol. The number of nitrogens with zero attached hydrogens (tertiary/aromatic N) is 1. The molecule has 2 atom stereocenters. The molecule has 17 heavy (non-hydrogen) atoms. The van der Waals surface area contributed by atoms with Crippen LogP contribution in [0.5, 0.6) is 0 Å². The number of aliphatic hydroxyl groups excluding tert-OH is 1. The highest BCUT2D eigenvalue weighted by molar-refractivity contribution is 5.78. The Morgan fingerprint density at radius 1 is 1.41 bits per heavy atom. The summed E-state index contributed by atoms with van der Waals surface area (Å²) in [5.41, 5.74) is 0. The summed E-state index contributed by atoms with van der Waals surface area (Å²) < 4.78 is 0. The van der Waals surface area contributed by atoms with Gasteiger partial charge in [0.25, 0.3) is 0 Å². The molecule has 100 valence electrons. The molecule has 0 radical (unpaired) electrons. The van der Waals surface area contributed by atoms with Crippen LogP contribution in [0.4, 0.5) is 0 Å². The zero-order valence-electron chi connectivity index (χ0n) is 11.3. The summed E-state index contributed by atoms with van der Waals surface area (Å²) in [4.78, 5) is 13.7. The molecule has 2 N–H and O–H groups in total. The Labute approximate surface area is 104 Å². The zero-order valence-corrected chi connectivity index (χ0v) is 11.3. The van der Waals surface area contributed by atoms with Crippen LogP contribution >= 0.6 is 0 Å². The fourth-order valence-electron chi connectivity index (χ4n) is 2.13. The summed E-state index contributed by atoms with van der Waals surface area (Å²) in [6, 6.07) is 0.248. The van der Waals surface area contributed by atoms with Crippen molar-refractivity contribution in [1.82, 2.24) is 10.2 Å². The van der Waals surface area contributed by atoms with E-state index in [4.69, 9.17) is 0 Å². The summed E-state index contributed by atoms with van der Waals surface area (Å²) in [5, 5.41) is 12.4. The lowest BCUT2D eigenvalue weighted by atomic mass is 10.0. The predicted molar refractivity (Wildman–Crippen MR) is 68.7 cm³/mol. The first-order valence-corrected chi connectivity index (χ1v) is 6.67. The van der Waals surface area contributed by atoms with Gasteiger partial charge in [-0.3, -0.25) is 9.69 Å². The van der Waals surface area contributed by atoms with Crippen molar-refractivity contribution in [1.29, 1.82) is 0 Å². The zero-order chi connectivity index (χ0) is 12.8. The van der Waals surface area contributed by atoms with Gasteiger partial charge < -0.3 is 10.4 Å². The number of carbonyl (C=O) groups is 1. The van der Waals surface area contributed by atoms with E-state index in [1.54, 1.807) is 0 Å². The molecule has 1 unspecified atom stereocenters. The van der Waals surface area contributed by atoms with E-state index in [0.29, 0.717) is 19.0 Å². The molecule has 1 fully saturated rings. The summed E-state index contributed by atoms with van der Waals surface area (Å²) in [6.07, 6.45) is 2.72. The number of amides is 1. The maximum atomic E-state index is 11.7. The second-order valence-electron chi connectivity index (χ2n) is 5.62. The van der Waals surface area contributed by atoms with E-state index < -0.39 is 0 Å². The summed E-state index contributed by atoms with van der Waals surface area (Å²) in [5.74, 6) is 0.762. The SMILES string of the molecule is CC(C)CCC(C)NC(=O)CN1CC[C@@H](O)C1. The van der Waals surface area contributed by atoms with Crippen molar-refractivity contribution in [2.45, 2.75) is 52.2 Å². The molecule has 0 spiro atoms. The summed E-state index contributed by atoms with van der Waals surface area (Å²) in [7, 11) is 0. The van der Waals surface area contributed by atoms with Crippen molar-refractivity contribution >= 4 is 5.91 Å². The number of aliphatic hydroxyl groups is 1. The molecule has 1 saturated heterocycles. The fraction of sp³-hybridized carbons (Fsp3) is 0.923. The molecule has 1 amide bonds. The lowest BCUT2D eigenvalue weighted by molar-refractivity contribution is -0.122. The van der Waals surface area contributed by atoms with Gasteiger partial charge >= 0.3 is 0 Å². The van der Waals surface area contributed by atoms with Crippen LogP contribution in [-0.2, 0) is 4.79 Å². The van der Waals surface area contributed by atoms with Crippen LogP contribution in [-0.4, -0.2) is 47.7 Å². The smallest absolute Gasteiger partial charge is 0.234 e. The third kappa shape index (κ3) is 6.03. The van der Waals surface area contributed by atoms with Gasteiger partial charge in [-0.2, -0.15) is 0 Å². The van der Waals surface area contributed by atoms with Gasteiger partial charge in [0.05, 0.1) is 12.6 Å². The van der Waals surface area contributed by atoms with E-state index in [2.05, 4.69) is 26.1 Å². The Morgan fingerprint density at radius 2 is 2.12 bits per heavy atom. The average Bonchev–Trinajstić information content (AvgIpc) is 2.60. The molecule has 4 nitrogen and oxygen atoms in total. The van der Waals surface area contributed by atoms with E-state index in [-0.39, 0.29) is 18.1 Å². The quantitative estimate of drug-likeness (QED) is 0.730. The molecule has 0 aromatic rings. The maximum absolute atomic E-state index is 11.7. The average molecular weight is 242 g/mol. The number of rotatable bonds is 6. The van der Waals surface area contributed by atoms with E-state index in [0.717, 1.165) is 25.8 Å². The van der Waals surface area contributed by atoms with Gasteiger partial charge in [-0.15, -0.1) is 0 Å². The molecule has 0 bridgehead atoms. The van der Waals surface area contributed by atoms with Crippen molar-refractivity contribution < 1.29 is 9.90 Å². The van der Waals surface area contributed by atoms with Crippen LogP contribution in [0.25, 0.3) is 0 Å². The van der Waals surface area contributed by atoms with E-state index in [9.17, 15) is 9.90 Å². The highest BCUT2D eigenvalue weighted by Gasteiger charge is 2.22. The van der Waals surface area contributed by atoms with Crippen LogP contribution in [0.2, 0.25) is 0 Å². The molecule has 1 aliphatic heterocycles. The lowest BCUT2D eigenvalue weighted by Gasteiger charge is -2.18. The van der Waals surface area contributed by atoms with E-state index >= 15 is 0 Å². The highest BCUT2D eigenvalue weighted by atomic mass is 16.3. The number of β-amino-alcohol motifs (C(OH)–C–C–N with tert-alkyl or cyclic N) is 1. The normalized spacial score (nSPS) is 23.0. The predicted octanol–water partition coefficient (Wildman–Crippen LogP) is 0.994. The van der Waals surface area contributed by atoms with Crippen molar-refractivity contribution in [2.75, 3.05) is 19.6 Å². The van der Waals surface area contributed by atoms with Crippen molar-refractivity contribution in [3.05, 3.63) is 0 Å². The molecule has 4 heteroatoms. The number of nitrogens with one attached hydrogen (secondary N) is 1. The molecule has 0 saturated carbocycles. The van der Waals surface area contributed by atoms with Crippen LogP contribution in [0.3, 0.4) is 0 Å². The maximum Gasteiger partial charge on any atom is 0.234 e. The molecule has 1 heterocycles. The van der Waals surface area contributed by atoms with Gasteiger partial charge in [-0.05, 0) is 32.1 Å². The van der Waals surface area contributed by atoms with Crippen LogP contribution in [0.1, 0.15) is 40.0 Å². The largest absolute Gasteiger partial charge is 0.392 e. The molecule has 0 aromatic carbocycles. The van der Waals surface area contributed by atoms with Gasteiger partial charge in [0.15, 0.2) is 0 Å². The Kier molecular flexibility index (Phi) is 5.92. The minimum absolute atomic E-state index is 0.0790. The van der Waals surface area contributed by atoms with Crippen molar-refractivity contribution in [3.8, 4) is 0 Å². The highest BCUT2D eigenvalue weighted by Crippen LogP contribution is 2.09. The van der Waals surface area contributed by atoms with Gasteiger partial charge in [0.1, 0.15) is 0 Å². The minimum Gasteiger partial charge on any atom is -0.392 e. The first-order chi connectivity index (χ1) is 7.97. The van der Waals surface area contributed by atoms with Gasteiger partial charge in [-0.25, -0.2) is 0 Å². The van der Waals surface area contributed by atoms with Crippen LogP contribution < -0.4 is 5.32 Å². The number of hydrogen-bond donors (Lipinski definition) is 2. The second kappa shape index (κ2) is 6.97. The summed E-state index contributed by atoms with van der Waals surface area (Å²) >= 11 is 0. The topological polar surface area (TPSA) is 52.6 Å². The molecule has 1 aliphatic rings.